The van der Waals surface area contributed by atoms with Crippen LogP contribution in [0.25, 0.3) is 22.4 Å². The minimum atomic E-state index is 0.606. The Labute approximate surface area is 104 Å². The molecule has 0 aliphatic rings. The molecule has 84 valence electrons. The van der Waals surface area contributed by atoms with Crippen LogP contribution in [0.15, 0.2) is 46.9 Å². The Bertz CT molecular complexity index is 673. The lowest BCUT2D eigenvalue weighted by molar-refractivity contribution is 0.631. The summed E-state index contributed by atoms with van der Waals surface area (Å²) in [5.74, 6) is 0.792. The first-order chi connectivity index (χ1) is 8.24. The maximum absolute atomic E-state index is 6.13. The summed E-state index contributed by atoms with van der Waals surface area (Å²) in [6.07, 6.45) is 0. The third-order valence-electron chi connectivity index (χ3n) is 2.62. The second kappa shape index (κ2) is 3.90. The monoisotopic (exact) mass is 243 g/mol. The number of nitrogens with zero attached hydrogens (tertiary/aromatic N) is 1. The SMILES string of the molecule is Cc1cc(Cl)c2oc(-c3ccccc3)cc2n1. The highest BCUT2D eigenvalue weighted by atomic mass is 35.5. The lowest BCUT2D eigenvalue weighted by Crippen LogP contribution is -1.79. The number of hydrogen-bond acceptors (Lipinski definition) is 2. The second-order valence-electron chi connectivity index (χ2n) is 3.94. The van der Waals surface area contributed by atoms with E-state index in [1.807, 2.05) is 49.4 Å². The van der Waals surface area contributed by atoms with Gasteiger partial charge in [-0.3, -0.25) is 0 Å². The van der Waals surface area contributed by atoms with Gasteiger partial charge in [0.05, 0.1) is 5.02 Å². The fraction of sp³-hybridized carbons (Fsp3) is 0.0714. The molecule has 0 bridgehead atoms. The summed E-state index contributed by atoms with van der Waals surface area (Å²) in [6.45, 7) is 1.92. The number of furan rings is 1. The molecule has 0 spiro atoms. The standard InChI is InChI=1S/C14H10ClNO/c1-9-7-11(15)14-12(16-9)8-13(17-14)10-5-3-2-4-6-10/h2-8H,1H3. The lowest BCUT2D eigenvalue weighted by atomic mass is 10.2. The molecule has 0 fully saturated rings. The molecule has 0 unspecified atom stereocenters. The van der Waals surface area contributed by atoms with Gasteiger partial charge in [0.15, 0.2) is 5.58 Å². The fourth-order valence-electron chi connectivity index (χ4n) is 1.85. The molecule has 2 aromatic heterocycles. The predicted octanol–water partition coefficient (Wildman–Crippen LogP) is 4.46. The number of halogens is 1. The molecule has 0 saturated heterocycles. The highest BCUT2D eigenvalue weighted by Crippen LogP contribution is 2.31. The van der Waals surface area contributed by atoms with Crippen LogP contribution in [-0.2, 0) is 0 Å². The smallest absolute Gasteiger partial charge is 0.171 e. The van der Waals surface area contributed by atoms with E-state index in [0.29, 0.717) is 10.6 Å². The van der Waals surface area contributed by atoms with Crippen molar-refractivity contribution in [2.75, 3.05) is 0 Å². The van der Waals surface area contributed by atoms with Crippen LogP contribution in [0, 0.1) is 6.92 Å². The third-order valence-corrected chi connectivity index (χ3v) is 2.90. The van der Waals surface area contributed by atoms with Gasteiger partial charge in [0.2, 0.25) is 0 Å². The zero-order chi connectivity index (χ0) is 11.8. The molecule has 0 atom stereocenters. The maximum Gasteiger partial charge on any atom is 0.171 e. The number of aromatic nitrogens is 1. The minimum Gasteiger partial charge on any atom is -0.453 e. The van der Waals surface area contributed by atoms with Crippen molar-refractivity contribution in [3.05, 3.63) is 53.2 Å². The summed E-state index contributed by atoms with van der Waals surface area (Å²) in [5.41, 5.74) is 3.37. The molecule has 17 heavy (non-hydrogen) atoms. The topological polar surface area (TPSA) is 26.0 Å². The molecule has 1 aromatic carbocycles. The first-order valence-electron chi connectivity index (χ1n) is 5.36. The van der Waals surface area contributed by atoms with E-state index in [0.717, 1.165) is 22.5 Å². The van der Waals surface area contributed by atoms with Crippen LogP contribution in [0.2, 0.25) is 5.02 Å². The van der Waals surface area contributed by atoms with Crippen LogP contribution in [0.1, 0.15) is 5.69 Å². The lowest BCUT2D eigenvalue weighted by Gasteiger charge is -1.95. The number of pyridine rings is 1. The van der Waals surface area contributed by atoms with Gasteiger partial charge in [0, 0.05) is 17.3 Å². The van der Waals surface area contributed by atoms with Gasteiger partial charge in [0.25, 0.3) is 0 Å². The number of fused-ring (bicyclic) bond motifs is 1. The van der Waals surface area contributed by atoms with Crippen molar-refractivity contribution in [3.63, 3.8) is 0 Å². The van der Waals surface area contributed by atoms with Gasteiger partial charge in [-0.25, -0.2) is 4.98 Å². The van der Waals surface area contributed by atoms with E-state index in [2.05, 4.69) is 4.98 Å². The molecule has 0 radical (unpaired) electrons. The van der Waals surface area contributed by atoms with Crippen molar-refractivity contribution in [1.29, 1.82) is 0 Å². The minimum absolute atomic E-state index is 0.606. The van der Waals surface area contributed by atoms with Crippen molar-refractivity contribution in [2.24, 2.45) is 0 Å². The quantitative estimate of drug-likeness (QED) is 0.631. The van der Waals surface area contributed by atoms with Gasteiger partial charge in [-0.2, -0.15) is 0 Å². The average molecular weight is 244 g/mol. The molecule has 0 amide bonds. The molecular formula is C14H10ClNO. The third kappa shape index (κ3) is 1.81. The highest BCUT2D eigenvalue weighted by molar-refractivity contribution is 6.34. The van der Waals surface area contributed by atoms with E-state index in [1.165, 1.54) is 0 Å². The Hall–Kier alpha value is -1.80. The van der Waals surface area contributed by atoms with E-state index >= 15 is 0 Å². The van der Waals surface area contributed by atoms with Crippen molar-refractivity contribution in [2.45, 2.75) is 6.92 Å². The van der Waals surface area contributed by atoms with E-state index in [4.69, 9.17) is 16.0 Å². The first-order valence-corrected chi connectivity index (χ1v) is 5.74. The Morgan fingerprint density at radius 3 is 2.65 bits per heavy atom. The maximum atomic E-state index is 6.13. The first kappa shape index (κ1) is 10.4. The molecule has 0 aliphatic carbocycles. The molecule has 0 aliphatic heterocycles. The fourth-order valence-corrected chi connectivity index (χ4v) is 2.14. The molecule has 0 saturated carbocycles. The molecule has 2 nitrogen and oxygen atoms in total. The molecule has 3 heteroatoms. The average Bonchev–Trinajstić information content (AvgIpc) is 2.74. The summed E-state index contributed by atoms with van der Waals surface area (Å²) in [6, 6.07) is 13.6. The van der Waals surface area contributed by atoms with Crippen LogP contribution in [0.4, 0.5) is 0 Å². The van der Waals surface area contributed by atoms with Crippen LogP contribution >= 0.6 is 11.6 Å². The van der Waals surface area contributed by atoms with Gasteiger partial charge in [0.1, 0.15) is 11.3 Å². The van der Waals surface area contributed by atoms with Crippen LogP contribution in [-0.4, -0.2) is 4.98 Å². The normalized spacial score (nSPS) is 10.9. The highest BCUT2D eigenvalue weighted by Gasteiger charge is 2.10. The van der Waals surface area contributed by atoms with E-state index < -0.39 is 0 Å². The molecule has 0 N–H and O–H groups in total. The number of aryl methyl sites for hydroxylation is 1. The van der Waals surface area contributed by atoms with E-state index in [9.17, 15) is 0 Å². The van der Waals surface area contributed by atoms with Crippen molar-refractivity contribution >= 4 is 22.7 Å². The molecule has 3 rings (SSSR count). The summed E-state index contributed by atoms with van der Waals surface area (Å²) in [4.78, 5) is 4.40. The summed E-state index contributed by atoms with van der Waals surface area (Å²) < 4.78 is 5.75. The van der Waals surface area contributed by atoms with E-state index in [-0.39, 0.29) is 0 Å². The van der Waals surface area contributed by atoms with Gasteiger partial charge < -0.3 is 4.42 Å². The summed E-state index contributed by atoms with van der Waals surface area (Å²) in [7, 11) is 0. The van der Waals surface area contributed by atoms with Crippen LogP contribution in [0.5, 0.6) is 0 Å². The molecule has 2 heterocycles. The number of benzene rings is 1. The van der Waals surface area contributed by atoms with Crippen molar-refractivity contribution in [3.8, 4) is 11.3 Å². The number of rotatable bonds is 1. The van der Waals surface area contributed by atoms with Crippen molar-refractivity contribution < 1.29 is 4.42 Å². The van der Waals surface area contributed by atoms with Gasteiger partial charge >= 0.3 is 0 Å². The van der Waals surface area contributed by atoms with Gasteiger partial charge in [-0.1, -0.05) is 41.9 Å². The Morgan fingerprint density at radius 2 is 1.88 bits per heavy atom. The zero-order valence-corrected chi connectivity index (χ0v) is 10.0. The van der Waals surface area contributed by atoms with Gasteiger partial charge in [-0.05, 0) is 13.0 Å². The Kier molecular flexibility index (Phi) is 2.37. The van der Waals surface area contributed by atoms with Gasteiger partial charge in [-0.15, -0.1) is 0 Å². The predicted molar refractivity (Wildman–Crippen MR) is 69.2 cm³/mol. The molecule has 3 aromatic rings. The largest absolute Gasteiger partial charge is 0.453 e. The molecular weight excluding hydrogens is 234 g/mol. The number of hydrogen-bond donors (Lipinski definition) is 0. The summed E-state index contributed by atoms with van der Waals surface area (Å²) >= 11 is 6.13. The second-order valence-corrected chi connectivity index (χ2v) is 4.34. The van der Waals surface area contributed by atoms with Crippen LogP contribution in [0.3, 0.4) is 0 Å². The summed E-state index contributed by atoms with van der Waals surface area (Å²) in [5, 5.41) is 0.606. The van der Waals surface area contributed by atoms with Crippen molar-refractivity contribution in [1.82, 2.24) is 4.98 Å². The van der Waals surface area contributed by atoms with Crippen LogP contribution < -0.4 is 0 Å². The zero-order valence-electron chi connectivity index (χ0n) is 9.27. The Balaban J connectivity index is 2.24. The Morgan fingerprint density at radius 1 is 1.12 bits per heavy atom. The van der Waals surface area contributed by atoms with E-state index in [1.54, 1.807) is 0 Å².